The minimum Gasteiger partial charge on any atom is -0.325 e. The zero-order valence-corrected chi connectivity index (χ0v) is 12.6. The normalized spacial score (nSPS) is 11.5. The van der Waals surface area contributed by atoms with Crippen LogP contribution in [0.25, 0.3) is 0 Å². The molecular weight excluding hydrogens is 288 g/mol. The van der Waals surface area contributed by atoms with Crippen molar-refractivity contribution in [1.82, 2.24) is 14.7 Å². The molecule has 0 unspecified atom stereocenters. The van der Waals surface area contributed by atoms with Crippen molar-refractivity contribution in [3.8, 4) is 0 Å². The first-order chi connectivity index (χ1) is 10.1. The number of hydrogen-bond acceptors (Lipinski definition) is 5. The van der Waals surface area contributed by atoms with Crippen LogP contribution in [0.1, 0.15) is 23.9 Å². The summed E-state index contributed by atoms with van der Waals surface area (Å²) in [6.07, 6.45) is 3.77. The molecule has 2 aromatic heterocycles. The maximum absolute atomic E-state index is 12.2. The zero-order chi connectivity index (χ0) is 15.3. The van der Waals surface area contributed by atoms with E-state index in [2.05, 4.69) is 14.7 Å². The van der Waals surface area contributed by atoms with Gasteiger partial charge in [-0.25, -0.2) is 13.1 Å². The second kappa shape index (κ2) is 6.75. The fourth-order valence-electron chi connectivity index (χ4n) is 1.89. The lowest BCUT2D eigenvalue weighted by Gasteiger charge is -2.09. The van der Waals surface area contributed by atoms with Gasteiger partial charge >= 0.3 is 0 Å². The van der Waals surface area contributed by atoms with Gasteiger partial charge in [-0.2, -0.15) is 0 Å². The Morgan fingerprint density at radius 1 is 1.24 bits per heavy atom. The van der Waals surface area contributed by atoms with Crippen LogP contribution in [-0.4, -0.2) is 18.4 Å². The third-order valence-corrected chi connectivity index (χ3v) is 4.50. The van der Waals surface area contributed by atoms with Crippen molar-refractivity contribution in [1.29, 1.82) is 0 Å². The Kier molecular flexibility index (Phi) is 5.00. The lowest BCUT2D eigenvalue weighted by atomic mass is 10.1. The van der Waals surface area contributed by atoms with Crippen molar-refractivity contribution < 1.29 is 8.42 Å². The van der Waals surface area contributed by atoms with E-state index in [0.717, 1.165) is 17.7 Å². The number of pyridine rings is 2. The molecule has 2 heterocycles. The summed E-state index contributed by atoms with van der Waals surface area (Å²) in [5, 5.41) is 0. The molecule has 6 nitrogen and oxygen atoms in total. The molecule has 3 N–H and O–H groups in total. The van der Waals surface area contributed by atoms with E-state index in [9.17, 15) is 8.42 Å². The molecule has 0 amide bonds. The molecule has 2 aromatic rings. The number of aromatic nitrogens is 2. The first-order valence-corrected chi connectivity index (χ1v) is 8.12. The van der Waals surface area contributed by atoms with Crippen molar-refractivity contribution in [2.45, 2.75) is 31.3 Å². The molecule has 2 rings (SSSR count). The topological polar surface area (TPSA) is 98.0 Å². The molecule has 7 heteroatoms. The third-order valence-electron chi connectivity index (χ3n) is 3.11. The molecule has 0 radical (unpaired) electrons. The van der Waals surface area contributed by atoms with E-state index in [4.69, 9.17) is 5.73 Å². The second-order valence-corrected chi connectivity index (χ2v) is 6.24. The predicted molar refractivity (Wildman–Crippen MR) is 79.8 cm³/mol. The van der Waals surface area contributed by atoms with Crippen LogP contribution in [0, 0.1) is 0 Å². The molecular formula is C14H18N4O2S. The maximum atomic E-state index is 12.2. The van der Waals surface area contributed by atoms with E-state index >= 15 is 0 Å². The molecule has 0 aliphatic heterocycles. The smallest absolute Gasteiger partial charge is 0.242 e. The monoisotopic (exact) mass is 306 g/mol. The number of aryl methyl sites for hydroxylation is 1. The first kappa shape index (κ1) is 15.6. The van der Waals surface area contributed by atoms with Crippen LogP contribution in [0.4, 0.5) is 0 Å². The van der Waals surface area contributed by atoms with E-state index in [1.54, 1.807) is 12.3 Å². The number of nitrogens with one attached hydrogen (secondary N) is 1. The standard InChI is InChI=1S/C14H18N4O2S/c1-2-11-4-3-7-16-14(11)10-18-21(19,20)13-6-5-12(8-15)17-9-13/h3-7,9,18H,2,8,10,15H2,1H3. The Labute approximate surface area is 124 Å². The molecule has 0 spiro atoms. The van der Waals surface area contributed by atoms with E-state index in [1.807, 2.05) is 19.1 Å². The van der Waals surface area contributed by atoms with Gasteiger partial charge in [0.25, 0.3) is 0 Å². The van der Waals surface area contributed by atoms with Gasteiger partial charge in [0.2, 0.25) is 10.0 Å². The van der Waals surface area contributed by atoms with Crippen molar-refractivity contribution >= 4 is 10.0 Å². The average Bonchev–Trinajstić information content (AvgIpc) is 2.53. The van der Waals surface area contributed by atoms with E-state index in [-0.39, 0.29) is 18.0 Å². The molecule has 0 saturated carbocycles. The highest BCUT2D eigenvalue weighted by Gasteiger charge is 2.15. The summed E-state index contributed by atoms with van der Waals surface area (Å²) in [5.74, 6) is 0. The Morgan fingerprint density at radius 2 is 2.05 bits per heavy atom. The van der Waals surface area contributed by atoms with Gasteiger partial charge in [-0.15, -0.1) is 0 Å². The lowest BCUT2D eigenvalue weighted by molar-refractivity contribution is 0.579. The van der Waals surface area contributed by atoms with Crippen molar-refractivity contribution in [3.63, 3.8) is 0 Å². The van der Waals surface area contributed by atoms with Gasteiger partial charge in [0.1, 0.15) is 4.90 Å². The van der Waals surface area contributed by atoms with Crippen LogP contribution in [0.2, 0.25) is 0 Å². The van der Waals surface area contributed by atoms with Gasteiger partial charge in [0.15, 0.2) is 0 Å². The lowest BCUT2D eigenvalue weighted by Crippen LogP contribution is -2.24. The highest BCUT2D eigenvalue weighted by molar-refractivity contribution is 7.89. The molecule has 0 saturated heterocycles. The summed E-state index contributed by atoms with van der Waals surface area (Å²) in [6, 6.07) is 6.88. The maximum Gasteiger partial charge on any atom is 0.242 e. The van der Waals surface area contributed by atoms with Gasteiger partial charge in [-0.3, -0.25) is 9.97 Å². The third kappa shape index (κ3) is 3.84. The van der Waals surface area contributed by atoms with Gasteiger partial charge in [-0.05, 0) is 30.2 Å². The second-order valence-electron chi connectivity index (χ2n) is 4.48. The van der Waals surface area contributed by atoms with Crippen molar-refractivity contribution in [3.05, 3.63) is 53.6 Å². The summed E-state index contributed by atoms with van der Waals surface area (Å²) in [6.45, 7) is 2.44. The fraction of sp³-hybridized carbons (Fsp3) is 0.286. The molecule has 0 aliphatic carbocycles. The highest BCUT2D eigenvalue weighted by atomic mass is 32.2. The number of sulfonamides is 1. The average molecular weight is 306 g/mol. The fourth-order valence-corrected chi connectivity index (χ4v) is 2.82. The SMILES string of the molecule is CCc1cccnc1CNS(=O)(=O)c1ccc(CN)nc1. The van der Waals surface area contributed by atoms with Gasteiger partial charge in [-0.1, -0.05) is 13.0 Å². The molecule has 112 valence electrons. The van der Waals surface area contributed by atoms with Crippen molar-refractivity contribution in [2.75, 3.05) is 0 Å². The Hall–Kier alpha value is -1.83. The zero-order valence-electron chi connectivity index (χ0n) is 11.8. The summed E-state index contributed by atoms with van der Waals surface area (Å²) in [7, 11) is -3.60. The molecule has 0 aromatic carbocycles. The van der Waals surface area contributed by atoms with Crippen LogP contribution in [0.15, 0.2) is 41.6 Å². The Balaban J connectivity index is 2.13. The van der Waals surface area contributed by atoms with E-state index < -0.39 is 10.0 Å². The van der Waals surface area contributed by atoms with Crippen LogP contribution < -0.4 is 10.5 Å². The van der Waals surface area contributed by atoms with Crippen LogP contribution in [0.3, 0.4) is 0 Å². The van der Waals surface area contributed by atoms with Gasteiger partial charge in [0, 0.05) is 18.9 Å². The van der Waals surface area contributed by atoms with Crippen LogP contribution >= 0.6 is 0 Å². The largest absolute Gasteiger partial charge is 0.325 e. The molecule has 0 atom stereocenters. The number of rotatable bonds is 6. The highest BCUT2D eigenvalue weighted by Crippen LogP contribution is 2.10. The van der Waals surface area contributed by atoms with Gasteiger partial charge < -0.3 is 5.73 Å². The van der Waals surface area contributed by atoms with Crippen LogP contribution in [0.5, 0.6) is 0 Å². The number of hydrogen-bond donors (Lipinski definition) is 2. The predicted octanol–water partition coefficient (Wildman–Crippen LogP) is 0.976. The first-order valence-electron chi connectivity index (χ1n) is 6.64. The quantitative estimate of drug-likeness (QED) is 0.829. The Morgan fingerprint density at radius 3 is 2.67 bits per heavy atom. The van der Waals surface area contributed by atoms with Crippen molar-refractivity contribution in [2.24, 2.45) is 5.73 Å². The summed E-state index contributed by atoms with van der Waals surface area (Å²) in [5.41, 5.74) is 7.84. The number of nitrogens with zero attached hydrogens (tertiary/aromatic N) is 2. The number of nitrogens with two attached hydrogens (primary N) is 1. The summed E-state index contributed by atoms with van der Waals surface area (Å²) >= 11 is 0. The molecule has 0 fully saturated rings. The minimum absolute atomic E-state index is 0.119. The van der Waals surface area contributed by atoms with E-state index in [0.29, 0.717) is 5.69 Å². The van der Waals surface area contributed by atoms with Gasteiger partial charge in [0.05, 0.1) is 17.9 Å². The summed E-state index contributed by atoms with van der Waals surface area (Å²) < 4.78 is 26.9. The van der Waals surface area contributed by atoms with Crippen LogP contribution in [-0.2, 0) is 29.5 Å². The van der Waals surface area contributed by atoms with E-state index in [1.165, 1.54) is 12.3 Å². The minimum atomic E-state index is -3.60. The molecule has 0 aliphatic rings. The molecule has 21 heavy (non-hydrogen) atoms. The molecule has 0 bridgehead atoms. The Bertz CT molecular complexity index is 699. The summed E-state index contributed by atoms with van der Waals surface area (Å²) in [4.78, 5) is 8.33.